The molecule has 2 heteroatoms. The Kier molecular flexibility index (Phi) is 6.82. The predicted molar refractivity (Wildman–Crippen MR) is 85.5 cm³/mol. The first kappa shape index (κ1) is 17.0. The summed E-state index contributed by atoms with van der Waals surface area (Å²) in [5, 5.41) is 3.50. The van der Waals surface area contributed by atoms with Gasteiger partial charge in [-0.3, -0.25) is 0 Å². The van der Waals surface area contributed by atoms with E-state index in [0.717, 1.165) is 11.8 Å². The molecule has 0 aromatic rings. The summed E-state index contributed by atoms with van der Waals surface area (Å²) in [4.78, 5) is 2.69. The van der Waals surface area contributed by atoms with Crippen LogP contribution in [-0.4, -0.2) is 37.6 Å². The number of likely N-dealkylation sites (tertiary alicyclic amines) is 1. The van der Waals surface area contributed by atoms with Gasteiger partial charge in [-0.2, -0.15) is 0 Å². The van der Waals surface area contributed by atoms with Gasteiger partial charge in [0.05, 0.1) is 0 Å². The molecule has 19 heavy (non-hydrogen) atoms. The molecule has 0 radical (unpaired) electrons. The Hall–Kier alpha value is -0.0800. The van der Waals surface area contributed by atoms with E-state index in [1.54, 1.807) is 0 Å². The molecule has 2 unspecified atom stereocenters. The molecule has 114 valence electrons. The second kappa shape index (κ2) is 7.64. The molecule has 2 nitrogen and oxygen atoms in total. The van der Waals surface area contributed by atoms with Crippen molar-refractivity contribution in [1.82, 2.24) is 10.2 Å². The monoisotopic (exact) mass is 268 g/mol. The Morgan fingerprint density at radius 2 is 1.84 bits per heavy atom. The van der Waals surface area contributed by atoms with Crippen LogP contribution in [0.15, 0.2) is 0 Å². The van der Waals surface area contributed by atoms with Crippen LogP contribution >= 0.6 is 0 Å². The van der Waals surface area contributed by atoms with Gasteiger partial charge in [-0.25, -0.2) is 0 Å². The second-order valence-electron chi connectivity index (χ2n) is 7.77. The number of hydrogen-bond acceptors (Lipinski definition) is 2. The van der Waals surface area contributed by atoms with Crippen LogP contribution < -0.4 is 5.32 Å². The minimum Gasteiger partial charge on any atom is -0.316 e. The van der Waals surface area contributed by atoms with E-state index >= 15 is 0 Å². The maximum Gasteiger partial charge on any atom is 0.0125 e. The summed E-state index contributed by atoms with van der Waals surface area (Å²) in [6, 6.07) is 0.622. The van der Waals surface area contributed by atoms with Gasteiger partial charge in [0.2, 0.25) is 0 Å². The zero-order chi connectivity index (χ0) is 14.5. The fourth-order valence-electron chi connectivity index (χ4n) is 3.39. The quantitative estimate of drug-likeness (QED) is 0.816. The first-order valence-corrected chi connectivity index (χ1v) is 8.24. The van der Waals surface area contributed by atoms with Crippen molar-refractivity contribution in [2.75, 3.05) is 26.7 Å². The van der Waals surface area contributed by atoms with Crippen molar-refractivity contribution in [3.05, 3.63) is 0 Å². The van der Waals surface area contributed by atoms with E-state index in [0.29, 0.717) is 11.5 Å². The third kappa shape index (κ3) is 5.83. The highest BCUT2D eigenvalue weighted by Crippen LogP contribution is 2.26. The summed E-state index contributed by atoms with van der Waals surface area (Å²) in [5.74, 6) is 1.81. The molecule has 1 heterocycles. The zero-order valence-electron chi connectivity index (χ0n) is 14.1. The van der Waals surface area contributed by atoms with Crippen molar-refractivity contribution in [1.29, 1.82) is 0 Å². The minimum absolute atomic E-state index is 0.362. The summed E-state index contributed by atoms with van der Waals surface area (Å²) in [7, 11) is 2.10. The molecule has 1 N–H and O–H groups in total. The first-order valence-electron chi connectivity index (χ1n) is 8.24. The van der Waals surface area contributed by atoms with Gasteiger partial charge in [0.15, 0.2) is 0 Å². The van der Waals surface area contributed by atoms with E-state index in [1.807, 2.05) is 0 Å². The van der Waals surface area contributed by atoms with Gasteiger partial charge >= 0.3 is 0 Å². The minimum atomic E-state index is 0.362. The fraction of sp³-hybridized carbons (Fsp3) is 1.00. The molecule has 2 atom stereocenters. The molecule has 0 amide bonds. The lowest BCUT2D eigenvalue weighted by Crippen LogP contribution is -2.41. The van der Waals surface area contributed by atoms with Crippen LogP contribution in [0.1, 0.15) is 60.3 Å². The molecule has 1 aliphatic rings. The van der Waals surface area contributed by atoms with Crippen molar-refractivity contribution in [2.24, 2.45) is 17.3 Å². The summed E-state index contributed by atoms with van der Waals surface area (Å²) in [6.07, 6.45) is 5.50. The van der Waals surface area contributed by atoms with E-state index < -0.39 is 0 Å². The SMILES string of the molecule is CNC(CCN1CCCC(C(C)C)CC1)C(C)(C)C. The van der Waals surface area contributed by atoms with E-state index in [4.69, 9.17) is 0 Å². The van der Waals surface area contributed by atoms with Crippen molar-refractivity contribution in [3.8, 4) is 0 Å². The number of nitrogens with zero attached hydrogens (tertiary/aromatic N) is 1. The van der Waals surface area contributed by atoms with Gasteiger partial charge in [-0.05, 0) is 69.6 Å². The smallest absolute Gasteiger partial charge is 0.0125 e. The summed E-state index contributed by atoms with van der Waals surface area (Å²) >= 11 is 0. The van der Waals surface area contributed by atoms with Crippen LogP contribution in [0.5, 0.6) is 0 Å². The highest BCUT2D eigenvalue weighted by Gasteiger charge is 2.24. The Bertz CT molecular complexity index is 242. The van der Waals surface area contributed by atoms with Gasteiger partial charge in [0.25, 0.3) is 0 Å². The van der Waals surface area contributed by atoms with E-state index in [1.165, 1.54) is 45.3 Å². The third-order valence-corrected chi connectivity index (χ3v) is 4.94. The van der Waals surface area contributed by atoms with Gasteiger partial charge in [0.1, 0.15) is 0 Å². The van der Waals surface area contributed by atoms with Gasteiger partial charge in [0, 0.05) is 6.04 Å². The maximum absolute atomic E-state index is 3.50. The molecular weight excluding hydrogens is 232 g/mol. The topological polar surface area (TPSA) is 15.3 Å². The zero-order valence-corrected chi connectivity index (χ0v) is 14.1. The number of rotatable bonds is 5. The average Bonchev–Trinajstić information content (AvgIpc) is 2.53. The predicted octanol–water partition coefficient (Wildman–Crippen LogP) is 3.77. The standard InChI is InChI=1S/C17H36N2/c1-14(2)15-8-7-11-19(12-9-15)13-10-16(18-6)17(3,4)5/h14-16,18H,7-13H2,1-6H3. The third-order valence-electron chi connectivity index (χ3n) is 4.94. The van der Waals surface area contributed by atoms with Crippen molar-refractivity contribution < 1.29 is 0 Å². The molecule has 0 aromatic heterocycles. The van der Waals surface area contributed by atoms with Crippen LogP contribution in [0.3, 0.4) is 0 Å². The van der Waals surface area contributed by atoms with Crippen LogP contribution in [0.25, 0.3) is 0 Å². The normalized spacial score (nSPS) is 24.5. The summed E-state index contributed by atoms with van der Waals surface area (Å²) in [6.45, 7) is 15.7. The van der Waals surface area contributed by atoms with Gasteiger partial charge < -0.3 is 10.2 Å². The molecule has 0 aromatic carbocycles. The molecule has 0 bridgehead atoms. The van der Waals surface area contributed by atoms with Crippen LogP contribution in [0.2, 0.25) is 0 Å². The van der Waals surface area contributed by atoms with Crippen LogP contribution in [0, 0.1) is 17.3 Å². The fourth-order valence-corrected chi connectivity index (χ4v) is 3.39. The largest absolute Gasteiger partial charge is 0.316 e. The lowest BCUT2D eigenvalue weighted by atomic mass is 9.85. The maximum atomic E-state index is 3.50. The molecule has 1 aliphatic heterocycles. The number of nitrogens with one attached hydrogen (secondary N) is 1. The molecule has 0 spiro atoms. The average molecular weight is 268 g/mol. The summed E-state index contributed by atoms with van der Waals surface area (Å²) < 4.78 is 0. The van der Waals surface area contributed by atoms with E-state index in [9.17, 15) is 0 Å². The molecule has 1 rings (SSSR count). The Labute approximate surface area is 121 Å². The molecule has 1 saturated heterocycles. The summed E-state index contributed by atoms with van der Waals surface area (Å²) in [5.41, 5.74) is 0.362. The van der Waals surface area contributed by atoms with Crippen molar-refractivity contribution in [3.63, 3.8) is 0 Å². The number of hydrogen-bond donors (Lipinski definition) is 1. The van der Waals surface area contributed by atoms with Crippen molar-refractivity contribution >= 4 is 0 Å². The van der Waals surface area contributed by atoms with Crippen molar-refractivity contribution in [2.45, 2.75) is 66.3 Å². The van der Waals surface area contributed by atoms with Gasteiger partial charge in [-0.1, -0.05) is 34.6 Å². The Morgan fingerprint density at radius 1 is 1.16 bits per heavy atom. The molecule has 0 aliphatic carbocycles. The second-order valence-corrected chi connectivity index (χ2v) is 7.77. The van der Waals surface area contributed by atoms with Crippen LogP contribution in [-0.2, 0) is 0 Å². The van der Waals surface area contributed by atoms with E-state index in [2.05, 4.69) is 51.9 Å². The highest BCUT2D eigenvalue weighted by molar-refractivity contribution is 4.81. The Morgan fingerprint density at radius 3 is 2.37 bits per heavy atom. The first-order chi connectivity index (χ1) is 8.84. The lowest BCUT2D eigenvalue weighted by molar-refractivity contribution is 0.211. The highest BCUT2D eigenvalue weighted by atomic mass is 15.1. The van der Waals surface area contributed by atoms with Gasteiger partial charge in [-0.15, -0.1) is 0 Å². The van der Waals surface area contributed by atoms with Crippen LogP contribution in [0.4, 0.5) is 0 Å². The molecule has 0 saturated carbocycles. The Balaban J connectivity index is 2.37. The van der Waals surface area contributed by atoms with E-state index in [-0.39, 0.29) is 0 Å². The lowest BCUT2D eigenvalue weighted by Gasteiger charge is -2.32. The molecule has 1 fully saturated rings. The molecular formula is C17H36N2.